The van der Waals surface area contributed by atoms with Crippen LogP contribution < -0.4 is 5.73 Å². The van der Waals surface area contributed by atoms with Gasteiger partial charge in [-0.05, 0) is 6.04 Å². The minimum atomic E-state index is -1.08. The standard InChI is InChI=1S/C12H19N7OSi/c1-21(2,3)5-4-20-8-18-10-11(16-17-18)19-9(6-14-10)7-15-12(19)13/h6-7H,4-5,8H2,1-3H3,(H2,13,15). The summed E-state index contributed by atoms with van der Waals surface area (Å²) in [5.74, 6) is 0.379. The van der Waals surface area contributed by atoms with Gasteiger partial charge in [-0.2, -0.15) is 4.68 Å². The van der Waals surface area contributed by atoms with Crippen molar-refractivity contribution in [3.05, 3.63) is 12.4 Å². The smallest absolute Gasteiger partial charge is 0.209 e. The number of anilines is 1. The lowest BCUT2D eigenvalue weighted by molar-refractivity contribution is 0.0799. The Balaban J connectivity index is 1.81. The Hall–Kier alpha value is -2.00. The lowest BCUT2D eigenvalue weighted by atomic mass is 10.5. The molecule has 0 bridgehead atoms. The quantitative estimate of drug-likeness (QED) is 0.565. The van der Waals surface area contributed by atoms with Crippen LogP contribution in [-0.2, 0) is 11.5 Å². The second-order valence-corrected chi connectivity index (χ2v) is 11.8. The summed E-state index contributed by atoms with van der Waals surface area (Å²) in [5, 5.41) is 8.22. The average Bonchev–Trinajstić information content (AvgIpc) is 2.98. The fraction of sp³-hybridized carbons (Fsp3) is 0.500. The molecule has 8 nitrogen and oxygen atoms in total. The van der Waals surface area contributed by atoms with Crippen LogP contribution in [0.15, 0.2) is 12.4 Å². The molecule has 0 spiro atoms. The molecule has 0 amide bonds. The predicted octanol–water partition coefficient (Wildman–Crippen LogP) is 1.37. The number of aromatic nitrogens is 6. The summed E-state index contributed by atoms with van der Waals surface area (Å²) in [5.41, 5.74) is 7.87. The molecule has 0 atom stereocenters. The largest absolute Gasteiger partial charge is 0.369 e. The SMILES string of the molecule is C[Si](C)(C)CCOCn1nnc2c1ncc1cnc(N)n12. The normalized spacial score (nSPS) is 12.5. The number of nitrogen functional groups attached to an aromatic ring is 1. The van der Waals surface area contributed by atoms with Crippen LogP contribution in [0.25, 0.3) is 16.8 Å². The molecular weight excluding hydrogens is 286 g/mol. The summed E-state index contributed by atoms with van der Waals surface area (Å²) in [6, 6.07) is 1.12. The van der Waals surface area contributed by atoms with Gasteiger partial charge in [-0.25, -0.2) is 9.97 Å². The van der Waals surface area contributed by atoms with Crippen molar-refractivity contribution in [2.24, 2.45) is 0 Å². The molecule has 0 aromatic carbocycles. The molecule has 2 N–H and O–H groups in total. The first kappa shape index (κ1) is 14.0. The lowest BCUT2D eigenvalue weighted by Crippen LogP contribution is -2.22. The Bertz CT molecular complexity index is 773. The summed E-state index contributed by atoms with van der Waals surface area (Å²) >= 11 is 0. The molecule has 0 fully saturated rings. The van der Waals surface area contributed by atoms with Gasteiger partial charge in [0, 0.05) is 14.7 Å². The summed E-state index contributed by atoms with van der Waals surface area (Å²) in [7, 11) is -1.08. The van der Waals surface area contributed by atoms with E-state index >= 15 is 0 Å². The zero-order valence-electron chi connectivity index (χ0n) is 12.4. The number of hydrogen-bond acceptors (Lipinski definition) is 6. The van der Waals surface area contributed by atoms with Crippen LogP contribution in [0.4, 0.5) is 5.95 Å². The number of ether oxygens (including phenoxy) is 1. The van der Waals surface area contributed by atoms with Crippen LogP contribution in [0.5, 0.6) is 0 Å². The lowest BCUT2D eigenvalue weighted by Gasteiger charge is -2.15. The second kappa shape index (κ2) is 5.08. The van der Waals surface area contributed by atoms with E-state index in [1.54, 1.807) is 21.5 Å². The maximum atomic E-state index is 5.84. The number of imidazole rings is 1. The van der Waals surface area contributed by atoms with Crippen molar-refractivity contribution in [1.82, 2.24) is 29.4 Å². The Morgan fingerprint density at radius 3 is 2.71 bits per heavy atom. The van der Waals surface area contributed by atoms with E-state index in [1.165, 1.54) is 0 Å². The van der Waals surface area contributed by atoms with Gasteiger partial charge in [0.25, 0.3) is 0 Å². The van der Waals surface area contributed by atoms with Gasteiger partial charge in [0.2, 0.25) is 11.6 Å². The molecule has 0 aliphatic carbocycles. The molecular formula is C12H19N7OSi. The summed E-state index contributed by atoms with van der Waals surface area (Å²) in [4.78, 5) is 8.42. The average molecular weight is 305 g/mol. The van der Waals surface area contributed by atoms with Crippen LogP contribution in [0.3, 0.4) is 0 Å². The highest BCUT2D eigenvalue weighted by atomic mass is 28.3. The highest BCUT2D eigenvalue weighted by Crippen LogP contribution is 2.15. The fourth-order valence-electron chi connectivity index (χ4n) is 2.01. The summed E-state index contributed by atoms with van der Waals surface area (Å²) < 4.78 is 9.05. The first-order valence-electron chi connectivity index (χ1n) is 6.84. The molecule has 3 aromatic rings. The molecule has 0 unspecified atom stereocenters. The monoisotopic (exact) mass is 305 g/mol. The zero-order valence-corrected chi connectivity index (χ0v) is 13.4. The van der Waals surface area contributed by atoms with E-state index in [4.69, 9.17) is 10.5 Å². The van der Waals surface area contributed by atoms with Crippen LogP contribution in [-0.4, -0.2) is 44.0 Å². The first-order valence-corrected chi connectivity index (χ1v) is 10.6. The maximum absolute atomic E-state index is 5.84. The van der Waals surface area contributed by atoms with Crippen LogP contribution in [0, 0.1) is 0 Å². The molecule has 3 aromatic heterocycles. The molecule has 0 aliphatic heterocycles. The number of hydrogen-bond donors (Lipinski definition) is 1. The van der Waals surface area contributed by atoms with Crippen molar-refractivity contribution in [2.45, 2.75) is 32.4 Å². The molecule has 9 heteroatoms. The van der Waals surface area contributed by atoms with Crippen LogP contribution >= 0.6 is 0 Å². The molecule has 3 rings (SSSR count). The van der Waals surface area contributed by atoms with Gasteiger partial charge in [-0.3, -0.25) is 4.40 Å². The first-order chi connectivity index (χ1) is 9.96. The third-order valence-corrected chi connectivity index (χ3v) is 4.95. The van der Waals surface area contributed by atoms with E-state index in [1.807, 2.05) is 0 Å². The molecule has 3 heterocycles. The maximum Gasteiger partial charge on any atom is 0.209 e. The van der Waals surface area contributed by atoms with Crippen molar-refractivity contribution < 1.29 is 4.74 Å². The number of nitrogens with zero attached hydrogens (tertiary/aromatic N) is 6. The molecule has 0 radical (unpaired) electrons. The van der Waals surface area contributed by atoms with Gasteiger partial charge in [-0.15, -0.1) is 5.10 Å². The van der Waals surface area contributed by atoms with E-state index < -0.39 is 8.07 Å². The van der Waals surface area contributed by atoms with Gasteiger partial charge < -0.3 is 10.5 Å². The molecule has 0 saturated heterocycles. The van der Waals surface area contributed by atoms with Crippen molar-refractivity contribution in [1.29, 1.82) is 0 Å². The molecule has 21 heavy (non-hydrogen) atoms. The highest BCUT2D eigenvalue weighted by Gasteiger charge is 2.14. The Morgan fingerprint density at radius 2 is 1.95 bits per heavy atom. The minimum absolute atomic E-state index is 0.341. The minimum Gasteiger partial charge on any atom is -0.369 e. The Labute approximate surface area is 122 Å². The third kappa shape index (κ3) is 2.74. The fourth-order valence-corrected chi connectivity index (χ4v) is 2.77. The topological polar surface area (TPSA) is 96.1 Å². The van der Waals surface area contributed by atoms with Gasteiger partial charge >= 0.3 is 0 Å². The van der Waals surface area contributed by atoms with Crippen molar-refractivity contribution in [3.63, 3.8) is 0 Å². The molecule has 0 aliphatic rings. The second-order valence-electron chi connectivity index (χ2n) is 6.22. The van der Waals surface area contributed by atoms with Gasteiger partial charge in [0.05, 0.1) is 17.9 Å². The highest BCUT2D eigenvalue weighted by molar-refractivity contribution is 6.76. The third-order valence-electron chi connectivity index (χ3n) is 3.25. The van der Waals surface area contributed by atoms with E-state index in [2.05, 4.69) is 39.9 Å². The number of rotatable bonds is 5. The summed E-state index contributed by atoms with van der Waals surface area (Å²) in [6.07, 6.45) is 3.36. The Morgan fingerprint density at radius 1 is 1.19 bits per heavy atom. The predicted molar refractivity (Wildman–Crippen MR) is 82.6 cm³/mol. The summed E-state index contributed by atoms with van der Waals surface area (Å²) in [6.45, 7) is 8.03. The van der Waals surface area contributed by atoms with E-state index in [0.717, 1.165) is 18.2 Å². The van der Waals surface area contributed by atoms with Gasteiger partial charge in [0.15, 0.2) is 5.65 Å². The molecule has 0 saturated carbocycles. The van der Waals surface area contributed by atoms with Crippen LogP contribution in [0.2, 0.25) is 25.7 Å². The zero-order chi connectivity index (χ0) is 15.0. The van der Waals surface area contributed by atoms with E-state index in [-0.39, 0.29) is 0 Å². The van der Waals surface area contributed by atoms with Crippen LogP contribution in [0.1, 0.15) is 0 Å². The van der Waals surface area contributed by atoms with Crippen molar-refractivity contribution in [3.8, 4) is 0 Å². The van der Waals surface area contributed by atoms with E-state index in [9.17, 15) is 0 Å². The van der Waals surface area contributed by atoms with Gasteiger partial charge in [0.1, 0.15) is 6.73 Å². The van der Waals surface area contributed by atoms with Gasteiger partial charge in [-0.1, -0.05) is 24.9 Å². The molecule has 112 valence electrons. The van der Waals surface area contributed by atoms with Crippen molar-refractivity contribution >= 4 is 30.8 Å². The number of fused-ring (bicyclic) bond motifs is 3. The number of nitrogens with two attached hydrogens (primary N) is 1. The Kier molecular flexibility index (Phi) is 3.37. The van der Waals surface area contributed by atoms with Crippen molar-refractivity contribution in [2.75, 3.05) is 12.3 Å². The van der Waals surface area contributed by atoms with E-state index in [0.29, 0.717) is 24.0 Å².